The molecule has 0 amide bonds. The maximum atomic E-state index is 4.62. The summed E-state index contributed by atoms with van der Waals surface area (Å²) >= 11 is 0. The summed E-state index contributed by atoms with van der Waals surface area (Å²) in [6.45, 7) is 0. The standard InChI is InChI=1S/C41H25N3/c1-7-34(36-8-4-20-44-39(36)9-1)35-15-11-27-12-16-37-33(14-10-26-13-17-38(35)41(27)40(26)37)32-22-30(28-5-2-18-42-24-28)21-31(23-32)29-6-3-19-43-25-29/h1-25H. The van der Waals surface area contributed by atoms with Crippen molar-refractivity contribution in [3.63, 3.8) is 0 Å². The zero-order valence-electron chi connectivity index (χ0n) is 23.8. The topological polar surface area (TPSA) is 38.7 Å². The van der Waals surface area contributed by atoms with Crippen LogP contribution in [-0.4, -0.2) is 15.0 Å². The van der Waals surface area contributed by atoms with Crippen molar-refractivity contribution in [3.8, 4) is 44.5 Å². The first-order valence-electron chi connectivity index (χ1n) is 14.8. The Kier molecular flexibility index (Phi) is 5.50. The SMILES string of the molecule is c1cncc(-c2cc(-c3cccnc3)cc(-c3ccc4ccc5c(-c6cccc7ncccc67)ccc6ccc3c4c65)c2)c1. The third-order valence-electron chi connectivity index (χ3n) is 8.83. The third kappa shape index (κ3) is 3.87. The highest BCUT2D eigenvalue weighted by Gasteiger charge is 2.17. The number of rotatable bonds is 4. The number of aromatic nitrogens is 3. The van der Waals surface area contributed by atoms with Crippen LogP contribution in [0.3, 0.4) is 0 Å². The minimum Gasteiger partial charge on any atom is -0.264 e. The second-order valence-electron chi connectivity index (χ2n) is 11.3. The van der Waals surface area contributed by atoms with Gasteiger partial charge in [-0.15, -0.1) is 0 Å². The summed E-state index contributed by atoms with van der Waals surface area (Å²) in [5.74, 6) is 0. The fraction of sp³-hybridized carbons (Fsp3) is 0. The first-order chi connectivity index (χ1) is 21.8. The molecule has 0 spiro atoms. The van der Waals surface area contributed by atoms with Crippen LogP contribution < -0.4 is 0 Å². The Morgan fingerprint density at radius 1 is 0.364 bits per heavy atom. The highest BCUT2D eigenvalue weighted by molar-refractivity contribution is 6.28. The van der Waals surface area contributed by atoms with E-state index in [4.69, 9.17) is 0 Å². The van der Waals surface area contributed by atoms with Gasteiger partial charge in [-0.3, -0.25) is 15.0 Å². The van der Waals surface area contributed by atoms with Gasteiger partial charge >= 0.3 is 0 Å². The lowest BCUT2D eigenvalue weighted by Crippen LogP contribution is -1.91. The van der Waals surface area contributed by atoms with Crippen LogP contribution in [0.25, 0.3) is 87.7 Å². The van der Waals surface area contributed by atoms with E-state index in [-0.39, 0.29) is 0 Å². The molecule has 0 unspecified atom stereocenters. The Hall–Kier alpha value is -5.93. The summed E-state index contributed by atoms with van der Waals surface area (Å²) in [6, 6.07) is 43.8. The van der Waals surface area contributed by atoms with Crippen LogP contribution in [0.5, 0.6) is 0 Å². The third-order valence-corrected chi connectivity index (χ3v) is 8.83. The Morgan fingerprint density at radius 3 is 1.59 bits per heavy atom. The largest absolute Gasteiger partial charge is 0.264 e. The summed E-state index contributed by atoms with van der Waals surface area (Å²) in [5.41, 5.74) is 10.3. The molecule has 3 heteroatoms. The minimum absolute atomic E-state index is 1.01. The van der Waals surface area contributed by atoms with Crippen molar-refractivity contribution in [1.29, 1.82) is 0 Å². The van der Waals surface area contributed by atoms with E-state index in [1.54, 1.807) is 0 Å². The lowest BCUT2D eigenvalue weighted by Gasteiger charge is -2.18. The van der Waals surface area contributed by atoms with Gasteiger partial charge in [-0.2, -0.15) is 0 Å². The van der Waals surface area contributed by atoms with Gasteiger partial charge in [-0.1, -0.05) is 78.9 Å². The van der Waals surface area contributed by atoms with Gasteiger partial charge in [0.15, 0.2) is 0 Å². The van der Waals surface area contributed by atoms with Crippen LogP contribution >= 0.6 is 0 Å². The van der Waals surface area contributed by atoms with Crippen LogP contribution in [0.15, 0.2) is 152 Å². The lowest BCUT2D eigenvalue weighted by molar-refractivity contribution is 1.32. The van der Waals surface area contributed by atoms with Crippen molar-refractivity contribution in [2.24, 2.45) is 0 Å². The van der Waals surface area contributed by atoms with E-state index in [0.29, 0.717) is 0 Å². The predicted molar refractivity (Wildman–Crippen MR) is 183 cm³/mol. The quantitative estimate of drug-likeness (QED) is 0.201. The normalized spacial score (nSPS) is 11.6. The number of benzene rings is 6. The molecule has 0 fully saturated rings. The lowest BCUT2D eigenvalue weighted by atomic mass is 9.86. The van der Waals surface area contributed by atoms with E-state index >= 15 is 0 Å². The average Bonchev–Trinajstić information content (AvgIpc) is 3.11. The number of pyridine rings is 3. The van der Waals surface area contributed by atoms with Gasteiger partial charge in [0.25, 0.3) is 0 Å². The van der Waals surface area contributed by atoms with E-state index in [1.165, 1.54) is 60.0 Å². The van der Waals surface area contributed by atoms with Crippen LogP contribution in [0.4, 0.5) is 0 Å². The maximum Gasteiger partial charge on any atom is 0.0708 e. The summed E-state index contributed by atoms with van der Waals surface area (Å²) in [7, 11) is 0. The molecule has 0 radical (unpaired) electrons. The second-order valence-corrected chi connectivity index (χ2v) is 11.3. The molecule has 0 N–H and O–H groups in total. The Bertz CT molecular complexity index is 2420. The Labute approximate surface area is 254 Å². The van der Waals surface area contributed by atoms with Gasteiger partial charge in [-0.05, 0) is 108 Å². The van der Waals surface area contributed by atoms with E-state index < -0.39 is 0 Å². The molecular weight excluding hydrogens is 534 g/mol. The zero-order valence-corrected chi connectivity index (χ0v) is 23.8. The molecule has 0 atom stereocenters. The average molecular weight is 560 g/mol. The molecule has 6 aromatic carbocycles. The van der Waals surface area contributed by atoms with Gasteiger partial charge in [-0.25, -0.2) is 0 Å². The smallest absolute Gasteiger partial charge is 0.0708 e. The molecule has 44 heavy (non-hydrogen) atoms. The van der Waals surface area contributed by atoms with Crippen molar-refractivity contribution in [2.45, 2.75) is 0 Å². The number of fused-ring (bicyclic) bond motifs is 1. The second kappa shape index (κ2) is 9.82. The predicted octanol–water partition coefficient (Wildman–Crippen LogP) is 10.6. The zero-order chi connectivity index (χ0) is 29.0. The van der Waals surface area contributed by atoms with Gasteiger partial charge in [0, 0.05) is 47.5 Å². The highest BCUT2D eigenvalue weighted by atomic mass is 14.6. The fourth-order valence-corrected chi connectivity index (χ4v) is 6.81. The molecule has 0 aliphatic carbocycles. The Balaban J connectivity index is 1.32. The number of nitrogens with zero attached hydrogens (tertiary/aromatic N) is 3. The van der Waals surface area contributed by atoms with Gasteiger partial charge < -0.3 is 0 Å². The minimum atomic E-state index is 1.01. The molecule has 9 aromatic rings. The van der Waals surface area contributed by atoms with Crippen molar-refractivity contribution < 1.29 is 0 Å². The van der Waals surface area contributed by atoms with Crippen molar-refractivity contribution in [2.75, 3.05) is 0 Å². The van der Waals surface area contributed by atoms with Gasteiger partial charge in [0.2, 0.25) is 0 Å². The van der Waals surface area contributed by atoms with E-state index in [9.17, 15) is 0 Å². The Morgan fingerprint density at radius 2 is 0.932 bits per heavy atom. The first kappa shape index (κ1) is 24.6. The van der Waals surface area contributed by atoms with Crippen LogP contribution in [0.1, 0.15) is 0 Å². The maximum absolute atomic E-state index is 4.62. The molecule has 0 saturated heterocycles. The summed E-state index contributed by atoms with van der Waals surface area (Å²) < 4.78 is 0. The molecule has 0 aliphatic heterocycles. The molecule has 0 saturated carbocycles. The molecule has 0 bridgehead atoms. The van der Waals surface area contributed by atoms with E-state index in [0.717, 1.165) is 27.8 Å². The van der Waals surface area contributed by atoms with Crippen molar-refractivity contribution >= 4 is 43.2 Å². The fourth-order valence-electron chi connectivity index (χ4n) is 6.81. The van der Waals surface area contributed by atoms with Gasteiger partial charge in [0.1, 0.15) is 0 Å². The van der Waals surface area contributed by atoms with E-state index in [2.05, 4.69) is 118 Å². The van der Waals surface area contributed by atoms with Gasteiger partial charge in [0.05, 0.1) is 5.52 Å². The molecular formula is C41H25N3. The van der Waals surface area contributed by atoms with Crippen LogP contribution in [0, 0.1) is 0 Å². The van der Waals surface area contributed by atoms with Crippen molar-refractivity contribution in [3.05, 3.63) is 152 Å². The molecule has 3 nitrogen and oxygen atoms in total. The first-order valence-corrected chi connectivity index (χ1v) is 14.8. The molecule has 0 aliphatic rings. The molecule has 204 valence electrons. The molecule has 3 aromatic heterocycles. The number of hydrogen-bond donors (Lipinski definition) is 0. The summed E-state index contributed by atoms with van der Waals surface area (Å²) in [4.78, 5) is 13.4. The number of hydrogen-bond acceptors (Lipinski definition) is 3. The van der Waals surface area contributed by atoms with Crippen LogP contribution in [0.2, 0.25) is 0 Å². The summed E-state index contributed by atoms with van der Waals surface area (Å²) in [6.07, 6.45) is 9.36. The highest BCUT2D eigenvalue weighted by Crippen LogP contribution is 2.44. The monoisotopic (exact) mass is 559 g/mol. The van der Waals surface area contributed by atoms with E-state index in [1.807, 2.05) is 49.2 Å². The molecule has 9 rings (SSSR count). The van der Waals surface area contributed by atoms with Crippen molar-refractivity contribution in [1.82, 2.24) is 15.0 Å². The molecule has 3 heterocycles. The van der Waals surface area contributed by atoms with Crippen LogP contribution in [-0.2, 0) is 0 Å². The summed E-state index contributed by atoms with van der Waals surface area (Å²) in [5, 5.41) is 8.77.